The van der Waals surface area contributed by atoms with E-state index in [2.05, 4.69) is 15.6 Å². The molecule has 0 bridgehead atoms. The van der Waals surface area contributed by atoms with Crippen molar-refractivity contribution < 1.29 is 9.21 Å². The minimum absolute atomic E-state index is 0.118. The summed E-state index contributed by atoms with van der Waals surface area (Å²) in [4.78, 5) is 22.0. The van der Waals surface area contributed by atoms with Crippen LogP contribution in [0.25, 0.3) is 11.1 Å². The van der Waals surface area contributed by atoms with Crippen molar-refractivity contribution >= 4 is 40.5 Å². The van der Waals surface area contributed by atoms with Gasteiger partial charge in [-0.25, -0.2) is 4.99 Å². The number of guanidine groups is 1. The Balaban J connectivity index is 1.57. The zero-order valence-electron chi connectivity index (χ0n) is 15.8. The van der Waals surface area contributed by atoms with Crippen LogP contribution < -0.4 is 10.6 Å². The molecule has 2 aliphatic rings. The van der Waals surface area contributed by atoms with Gasteiger partial charge in [-0.3, -0.25) is 10.1 Å². The number of carbonyl (C=O) groups is 1. The van der Waals surface area contributed by atoms with Crippen LogP contribution in [0, 0.1) is 6.92 Å². The first kappa shape index (κ1) is 17.9. The van der Waals surface area contributed by atoms with Gasteiger partial charge in [-0.05, 0) is 43.5 Å². The van der Waals surface area contributed by atoms with Crippen molar-refractivity contribution in [1.29, 1.82) is 0 Å². The van der Waals surface area contributed by atoms with Gasteiger partial charge in [0.2, 0.25) is 5.96 Å². The summed E-state index contributed by atoms with van der Waals surface area (Å²) in [6, 6.07) is 13.2. The predicted octanol–water partition coefficient (Wildman–Crippen LogP) is 4.91. The third-order valence-corrected chi connectivity index (χ3v) is 5.65. The number of ketones is 1. The molecule has 6 nitrogen and oxygen atoms in total. The van der Waals surface area contributed by atoms with E-state index in [1.807, 2.05) is 49.4 Å². The highest BCUT2D eigenvalue weighted by Crippen LogP contribution is 2.40. The van der Waals surface area contributed by atoms with E-state index in [-0.39, 0.29) is 5.78 Å². The standard InChI is InChI=1S/C22H19ClN4O2/c1-12-6-4-7-13(23)18(12)20-19-15(9-5-10-16(19)28)24-21(26-20)27-22-25-14-8-2-3-11-17(14)29-22/h2-4,6-8,11,20H,5,9-10H2,1H3,(H2,24,25,26,27). The fraction of sp³-hybridized carbons (Fsp3) is 0.227. The fourth-order valence-corrected chi connectivity index (χ4v) is 4.30. The van der Waals surface area contributed by atoms with E-state index in [9.17, 15) is 4.79 Å². The van der Waals surface area contributed by atoms with E-state index in [0.717, 1.165) is 35.2 Å². The van der Waals surface area contributed by atoms with Crippen molar-refractivity contribution in [2.75, 3.05) is 5.32 Å². The minimum atomic E-state index is -0.459. The summed E-state index contributed by atoms with van der Waals surface area (Å²) in [5.74, 6) is 0.613. The molecule has 0 fully saturated rings. The molecule has 1 aliphatic heterocycles. The molecule has 1 aliphatic carbocycles. The predicted molar refractivity (Wildman–Crippen MR) is 113 cm³/mol. The highest BCUT2D eigenvalue weighted by Gasteiger charge is 2.34. The summed E-state index contributed by atoms with van der Waals surface area (Å²) < 4.78 is 5.76. The first-order valence-electron chi connectivity index (χ1n) is 9.59. The maximum atomic E-state index is 12.8. The Morgan fingerprint density at radius 3 is 2.86 bits per heavy atom. The highest BCUT2D eigenvalue weighted by atomic mass is 35.5. The number of oxazole rings is 1. The molecule has 1 aromatic heterocycles. The van der Waals surface area contributed by atoms with Crippen LogP contribution in [0.15, 0.2) is 63.1 Å². The Kier molecular flexibility index (Phi) is 4.36. The molecule has 0 spiro atoms. The number of fused-ring (bicyclic) bond motifs is 1. The molecule has 1 atom stereocenters. The number of aryl methyl sites for hydroxylation is 1. The molecular formula is C22H19ClN4O2. The number of carbonyl (C=O) groups excluding carboxylic acids is 1. The van der Waals surface area contributed by atoms with Crippen LogP contribution in [0.2, 0.25) is 5.02 Å². The maximum absolute atomic E-state index is 12.8. The molecule has 7 heteroatoms. The number of hydrogen-bond donors (Lipinski definition) is 2. The number of halogens is 1. The molecule has 0 saturated carbocycles. The molecule has 29 heavy (non-hydrogen) atoms. The third kappa shape index (κ3) is 3.19. The number of hydrogen-bond acceptors (Lipinski definition) is 6. The second kappa shape index (κ2) is 7.04. The van der Waals surface area contributed by atoms with E-state index >= 15 is 0 Å². The average molecular weight is 407 g/mol. The van der Waals surface area contributed by atoms with Crippen molar-refractivity contribution in [2.45, 2.75) is 32.2 Å². The van der Waals surface area contributed by atoms with Crippen molar-refractivity contribution in [3.05, 3.63) is 69.9 Å². The fourth-order valence-electron chi connectivity index (χ4n) is 3.97. The summed E-state index contributed by atoms with van der Waals surface area (Å²) in [7, 11) is 0. The summed E-state index contributed by atoms with van der Waals surface area (Å²) in [5.41, 5.74) is 4.90. The number of rotatable bonds is 2. The van der Waals surface area contributed by atoms with Crippen LogP contribution in [0.1, 0.15) is 36.4 Å². The lowest BCUT2D eigenvalue weighted by atomic mass is 9.84. The summed E-state index contributed by atoms with van der Waals surface area (Å²) in [6.07, 6.45) is 2.13. The van der Waals surface area contributed by atoms with Crippen LogP contribution >= 0.6 is 11.6 Å². The van der Waals surface area contributed by atoms with Crippen molar-refractivity contribution in [3.63, 3.8) is 0 Å². The van der Waals surface area contributed by atoms with E-state index in [1.54, 1.807) is 0 Å². The quantitative estimate of drug-likeness (QED) is 0.632. The van der Waals surface area contributed by atoms with Crippen LogP contribution in [0.4, 0.5) is 6.01 Å². The lowest BCUT2D eigenvalue weighted by Crippen LogP contribution is -2.38. The van der Waals surface area contributed by atoms with Crippen molar-refractivity contribution in [2.24, 2.45) is 4.99 Å². The zero-order chi connectivity index (χ0) is 20.0. The van der Waals surface area contributed by atoms with Gasteiger partial charge in [-0.2, -0.15) is 4.98 Å². The summed E-state index contributed by atoms with van der Waals surface area (Å²) in [6.45, 7) is 1.99. The van der Waals surface area contributed by atoms with Crippen molar-refractivity contribution in [3.8, 4) is 0 Å². The molecule has 0 radical (unpaired) electrons. The molecule has 3 aromatic rings. The Bertz CT molecular complexity index is 1140. The summed E-state index contributed by atoms with van der Waals surface area (Å²) >= 11 is 6.53. The number of benzene rings is 2. The minimum Gasteiger partial charge on any atom is -0.423 e. The van der Waals surface area contributed by atoms with Gasteiger partial charge >= 0.3 is 6.01 Å². The first-order valence-corrected chi connectivity index (χ1v) is 9.96. The number of anilines is 1. The van der Waals surface area contributed by atoms with Gasteiger partial charge in [0.15, 0.2) is 11.4 Å². The van der Waals surface area contributed by atoms with Gasteiger partial charge in [0, 0.05) is 28.3 Å². The van der Waals surface area contributed by atoms with Crippen LogP contribution in [-0.2, 0) is 4.79 Å². The monoisotopic (exact) mass is 406 g/mol. The Labute approximate surface area is 172 Å². The number of aromatic nitrogens is 1. The Morgan fingerprint density at radius 1 is 1.17 bits per heavy atom. The number of Topliss-reactive ketones (excluding diaryl/α,β-unsaturated/α-hetero) is 1. The first-order chi connectivity index (χ1) is 14.1. The molecule has 1 unspecified atom stereocenters. The van der Waals surface area contributed by atoms with Gasteiger partial charge < -0.3 is 9.73 Å². The Morgan fingerprint density at radius 2 is 2.03 bits per heavy atom. The molecular weight excluding hydrogens is 388 g/mol. The zero-order valence-corrected chi connectivity index (χ0v) is 16.6. The maximum Gasteiger partial charge on any atom is 0.302 e. The number of nitrogens with one attached hydrogen (secondary N) is 2. The highest BCUT2D eigenvalue weighted by molar-refractivity contribution is 6.31. The van der Waals surface area contributed by atoms with Gasteiger partial charge in [0.1, 0.15) is 11.6 Å². The molecule has 0 amide bonds. The molecule has 0 saturated heterocycles. The second-order valence-corrected chi connectivity index (χ2v) is 7.66. The lowest BCUT2D eigenvalue weighted by molar-refractivity contribution is -0.116. The smallest absolute Gasteiger partial charge is 0.302 e. The van der Waals surface area contributed by atoms with Crippen molar-refractivity contribution in [1.82, 2.24) is 10.3 Å². The largest absolute Gasteiger partial charge is 0.423 e. The molecule has 2 N–H and O–H groups in total. The normalized spacial score (nSPS) is 19.0. The molecule has 5 rings (SSSR count). The molecule has 146 valence electrons. The van der Waals surface area contributed by atoms with Gasteiger partial charge in [0.05, 0.1) is 0 Å². The second-order valence-electron chi connectivity index (χ2n) is 7.26. The topological polar surface area (TPSA) is 79.5 Å². The number of nitrogens with zero attached hydrogens (tertiary/aromatic N) is 2. The Hall–Kier alpha value is -3.12. The number of aliphatic imine (C=N–C) groups is 1. The van der Waals surface area contributed by atoms with E-state index in [0.29, 0.717) is 34.6 Å². The van der Waals surface area contributed by atoms with Gasteiger partial charge in [-0.1, -0.05) is 35.9 Å². The lowest BCUT2D eigenvalue weighted by Gasteiger charge is -2.31. The molecule has 2 heterocycles. The third-order valence-electron chi connectivity index (χ3n) is 5.32. The van der Waals surface area contributed by atoms with Crippen LogP contribution in [-0.4, -0.2) is 16.7 Å². The SMILES string of the molecule is Cc1cccc(Cl)c1C1N=C(Nc2nc3ccccc3o2)NC2=C1C(=O)CCC2. The number of allylic oxidation sites excluding steroid dienone is 1. The van der Waals surface area contributed by atoms with Crippen LogP contribution in [0.5, 0.6) is 0 Å². The van der Waals surface area contributed by atoms with E-state index in [4.69, 9.17) is 21.0 Å². The van der Waals surface area contributed by atoms with E-state index in [1.165, 1.54) is 0 Å². The van der Waals surface area contributed by atoms with Gasteiger partial charge in [0.25, 0.3) is 0 Å². The van der Waals surface area contributed by atoms with Crippen LogP contribution in [0.3, 0.4) is 0 Å². The van der Waals surface area contributed by atoms with E-state index < -0.39 is 6.04 Å². The molecule has 2 aromatic carbocycles. The van der Waals surface area contributed by atoms with Gasteiger partial charge in [-0.15, -0.1) is 0 Å². The summed E-state index contributed by atoms with van der Waals surface area (Å²) in [5, 5.41) is 7.01. The number of para-hydroxylation sites is 2. The average Bonchev–Trinajstić information content (AvgIpc) is 3.10.